The van der Waals surface area contributed by atoms with E-state index in [4.69, 9.17) is 13.6 Å². The summed E-state index contributed by atoms with van der Waals surface area (Å²) in [6.45, 7) is 13.0. The molecule has 0 aliphatic carbocycles. The van der Waals surface area contributed by atoms with Crippen LogP contribution in [0.15, 0.2) is 19.7 Å². The van der Waals surface area contributed by atoms with Gasteiger partial charge in [-0.1, -0.05) is 0 Å². The van der Waals surface area contributed by atoms with Crippen molar-refractivity contribution in [2.45, 2.75) is 40.5 Å². The SMILES string of the molecule is Cc1oc2c(C)c3oc(=O)c(CC(=O)NCCC[NH+]4CCOCC4)c(C)c3cc2c1C. The number of hydrogen-bond donors (Lipinski definition) is 2. The zero-order valence-corrected chi connectivity index (χ0v) is 18.8. The van der Waals surface area contributed by atoms with Gasteiger partial charge in [0.15, 0.2) is 0 Å². The van der Waals surface area contributed by atoms with Gasteiger partial charge in [0, 0.05) is 29.3 Å². The number of carbonyl (C=O) groups is 1. The lowest BCUT2D eigenvalue weighted by molar-refractivity contribution is -0.908. The minimum Gasteiger partial charge on any atom is -0.461 e. The fraction of sp³-hybridized carbons (Fsp3) is 0.500. The Morgan fingerprint density at radius 1 is 1.00 bits per heavy atom. The molecule has 3 heterocycles. The molecule has 1 amide bonds. The van der Waals surface area contributed by atoms with Crippen LogP contribution in [0.4, 0.5) is 0 Å². The zero-order chi connectivity index (χ0) is 22.1. The molecular formula is C24H31N2O5+. The molecule has 1 aromatic carbocycles. The quantitative estimate of drug-likeness (QED) is 0.462. The maximum absolute atomic E-state index is 12.7. The summed E-state index contributed by atoms with van der Waals surface area (Å²) in [5.41, 5.74) is 3.92. The van der Waals surface area contributed by atoms with Crippen LogP contribution in [0.25, 0.3) is 21.9 Å². The molecule has 0 radical (unpaired) electrons. The smallest absolute Gasteiger partial charge is 0.340 e. The molecular weight excluding hydrogens is 396 g/mol. The average molecular weight is 428 g/mol. The average Bonchev–Trinajstić information content (AvgIpc) is 3.05. The summed E-state index contributed by atoms with van der Waals surface area (Å²) in [6.07, 6.45) is 0.928. The summed E-state index contributed by atoms with van der Waals surface area (Å²) in [5, 5.41) is 4.82. The largest absolute Gasteiger partial charge is 0.461 e. The molecule has 1 aliphatic rings. The maximum Gasteiger partial charge on any atom is 0.340 e. The number of rotatable bonds is 6. The van der Waals surface area contributed by atoms with E-state index >= 15 is 0 Å². The van der Waals surface area contributed by atoms with Gasteiger partial charge in [-0.2, -0.15) is 0 Å². The van der Waals surface area contributed by atoms with Crippen molar-refractivity contribution in [2.24, 2.45) is 0 Å². The summed E-state index contributed by atoms with van der Waals surface area (Å²) in [6, 6.07) is 2.01. The molecule has 7 nitrogen and oxygen atoms in total. The molecule has 1 fully saturated rings. The van der Waals surface area contributed by atoms with E-state index in [1.54, 1.807) is 0 Å². The molecule has 166 valence electrons. The Hall–Kier alpha value is -2.64. The molecule has 4 rings (SSSR count). The first-order chi connectivity index (χ1) is 14.9. The van der Waals surface area contributed by atoms with E-state index in [1.165, 1.54) is 4.90 Å². The Labute approximate surface area is 181 Å². The predicted octanol–water partition coefficient (Wildman–Crippen LogP) is 1.74. The highest BCUT2D eigenvalue weighted by atomic mass is 16.5. The minimum atomic E-state index is -0.458. The van der Waals surface area contributed by atoms with Gasteiger partial charge in [0.25, 0.3) is 0 Å². The highest BCUT2D eigenvalue weighted by Crippen LogP contribution is 2.34. The molecule has 0 unspecified atom stereocenters. The topological polar surface area (TPSA) is 86.1 Å². The van der Waals surface area contributed by atoms with Gasteiger partial charge in [0.05, 0.1) is 31.7 Å². The van der Waals surface area contributed by atoms with Gasteiger partial charge in [0.2, 0.25) is 5.91 Å². The van der Waals surface area contributed by atoms with Crippen LogP contribution in [0.1, 0.15) is 34.4 Å². The van der Waals surface area contributed by atoms with Crippen molar-refractivity contribution in [1.29, 1.82) is 0 Å². The first kappa shape index (κ1) is 21.6. The fourth-order valence-corrected chi connectivity index (χ4v) is 4.40. The first-order valence-corrected chi connectivity index (χ1v) is 11.0. The predicted molar refractivity (Wildman–Crippen MR) is 119 cm³/mol. The van der Waals surface area contributed by atoms with E-state index in [0.717, 1.165) is 78.1 Å². The second kappa shape index (κ2) is 8.85. The van der Waals surface area contributed by atoms with Crippen LogP contribution in [0.3, 0.4) is 0 Å². The van der Waals surface area contributed by atoms with Crippen LogP contribution >= 0.6 is 0 Å². The molecule has 0 bridgehead atoms. The summed E-state index contributed by atoms with van der Waals surface area (Å²) < 4.78 is 16.9. The number of nitrogens with one attached hydrogen (secondary N) is 2. The zero-order valence-electron chi connectivity index (χ0n) is 18.8. The number of quaternary nitrogens is 1. The third-order valence-corrected chi connectivity index (χ3v) is 6.51. The highest BCUT2D eigenvalue weighted by Gasteiger charge is 2.20. The molecule has 0 saturated carbocycles. The molecule has 0 atom stereocenters. The Morgan fingerprint density at radius 3 is 2.42 bits per heavy atom. The van der Waals surface area contributed by atoms with Crippen LogP contribution in [-0.2, 0) is 16.0 Å². The number of carbonyl (C=O) groups excluding carboxylic acids is 1. The van der Waals surface area contributed by atoms with Crippen molar-refractivity contribution in [3.8, 4) is 0 Å². The van der Waals surface area contributed by atoms with Gasteiger partial charge >= 0.3 is 5.63 Å². The number of furan rings is 1. The normalized spacial score (nSPS) is 15.1. The molecule has 7 heteroatoms. The van der Waals surface area contributed by atoms with Crippen LogP contribution < -0.4 is 15.8 Å². The highest BCUT2D eigenvalue weighted by molar-refractivity contribution is 6.00. The summed E-state index contributed by atoms with van der Waals surface area (Å²) in [4.78, 5) is 26.7. The van der Waals surface area contributed by atoms with E-state index < -0.39 is 5.63 Å². The van der Waals surface area contributed by atoms with Crippen molar-refractivity contribution < 1.29 is 23.3 Å². The van der Waals surface area contributed by atoms with Gasteiger partial charge in [-0.15, -0.1) is 0 Å². The van der Waals surface area contributed by atoms with Crippen molar-refractivity contribution in [3.63, 3.8) is 0 Å². The van der Waals surface area contributed by atoms with Gasteiger partial charge in [-0.3, -0.25) is 4.79 Å². The second-order valence-corrected chi connectivity index (χ2v) is 8.52. The van der Waals surface area contributed by atoms with Gasteiger partial charge in [0.1, 0.15) is 30.0 Å². The van der Waals surface area contributed by atoms with E-state index in [0.29, 0.717) is 17.7 Å². The Balaban J connectivity index is 1.50. The summed E-state index contributed by atoms with van der Waals surface area (Å²) >= 11 is 0. The lowest BCUT2D eigenvalue weighted by atomic mass is 9.99. The van der Waals surface area contributed by atoms with Crippen molar-refractivity contribution in [3.05, 3.63) is 44.5 Å². The summed E-state index contributed by atoms with van der Waals surface area (Å²) in [7, 11) is 0. The van der Waals surface area contributed by atoms with E-state index in [-0.39, 0.29) is 12.3 Å². The first-order valence-electron chi connectivity index (χ1n) is 11.0. The number of hydrogen-bond acceptors (Lipinski definition) is 5. The fourth-order valence-electron chi connectivity index (χ4n) is 4.40. The Kier molecular flexibility index (Phi) is 6.16. The Bertz CT molecular complexity index is 1180. The number of fused-ring (bicyclic) bond motifs is 2. The van der Waals surface area contributed by atoms with Crippen LogP contribution in [0, 0.1) is 27.7 Å². The van der Waals surface area contributed by atoms with Crippen molar-refractivity contribution in [1.82, 2.24) is 5.32 Å². The Morgan fingerprint density at radius 2 is 1.68 bits per heavy atom. The lowest BCUT2D eigenvalue weighted by Crippen LogP contribution is -3.14. The van der Waals surface area contributed by atoms with Crippen molar-refractivity contribution in [2.75, 3.05) is 39.4 Å². The van der Waals surface area contributed by atoms with Gasteiger partial charge in [-0.05, 0) is 44.9 Å². The maximum atomic E-state index is 12.7. The van der Waals surface area contributed by atoms with Crippen LogP contribution in [0.2, 0.25) is 0 Å². The van der Waals surface area contributed by atoms with E-state index in [9.17, 15) is 9.59 Å². The number of aryl methyl sites for hydroxylation is 4. The number of ether oxygens (including phenoxy) is 1. The van der Waals surface area contributed by atoms with Gasteiger partial charge in [-0.25, -0.2) is 4.79 Å². The van der Waals surface area contributed by atoms with E-state index in [1.807, 2.05) is 33.8 Å². The monoisotopic (exact) mass is 427 g/mol. The minimum absolute atomic E-state index is 0.0228. The molecule has 0 spiro atoms. The van der Waals surface area contributed by atoms with Crippen molar-refractivity contribution >= 4 is 27.8 Å². The third kappa shape index (κ3) is 4.25. The molecule has 2 N–H and O–H groups in total. The third-order valence-electron chi connectivity index (χ3n) is 6.51. The summed E-state index contributed by atoms with van der Waals surface area (Å²) in [5.74, 6) is 0.701. The molecule has 31 heavy (non-hydrogen) atoms. The van der Waals surface area contributed by atoms with E-state index in [2.05, 4.69) is 5.32 Å². The number of amides is 1. The van der Waals surface area contributed by atoms with Crippen LogP contribution in [-0.4, -0.2) is 45.3 Å². The van der Waals surface area contributed by atoms with Crippen LogP contribution in [0.5, 0.6) is 0 Å². The molecule has 2 aromatic heterocycles. The number of morpholine rings is 1. The molecule has 1 aliphatic heterocycles. The van der Waals surface area contributed by atoms with Gasteiger partial charge < -0.3 is 23.8 Å². The second-order valence-electron chi connectivity index (χ2n) is 8.52. The standard InChI is InChI=1S/C24H30N2O5/c1-14-17(4)30-22-16(3)23-19(12-18(14)22)15(2)20(24(28)31-23)13-21(27)25-6-5-7-26-8-10-29-11-9-26/h12H,5-11,13H2,1-4H3,(H,25,27)/p+1. The molecule has 3 aromatic rings. The lowest BCUT2D eigenvalue weighted by Gasteiger charge is -2.23. The number of benzene rings is 1. The molecule has 1 saturated heterocycles.